The van der Waals surface area contributed by atoms with Gasteiger partial charge in [-0.15, -0.1) is 0 Å². The van der Waals surface area contributed by atoms with E-state index in [1.807, 2.05) is 48.5 Å². The number of amides is 2. The second-order valence-corrected chi connectivity index (χ2v) is 9.32. The molecular weight excluding hydrogens is 424 g/mol. The van der Waals surface area contributed by atoms with Crippen molar-refractivity contribution in [1.82, 2.24) is 10.2 Å². The summed E-state index contributed by atoms with van der Waals surface area (Å²) in [6.07, 6.45) is -1.13. The smallest absolute Gasteiger partial charge is 0.410 e. The second kappa shape index (κ2) is 8.77. The molecule has 4 rings (SSSR count). The topological polar surface area (TPSA) is 105 Å². The average Bonchev–Trinajstić information content (AvgIpc) is 3.30. The zero-order chi connectivity index (χ0) is 23.8. The summed E-state index contributed by atoms with van der Waals surface area (Å²) in [6.45, 7) is 5.42. The van der Waals surface area contributed by atoms with Gasteiger partial charge < -0.3 is 19.9 Å². The molecule has 0 bridgehead atoms. The first-order valence-corrected chi connectivity index (χ1v) is 11.0. The fraction of sp³-hybridized carbons (Fsp3) is 0.400. The molecule has 2 atom stereocenters. The van der Waals surface area contributed by atoms with E-state index in [4.69, 9.17) is 9.47 Å². The quantitative estimate of drug-likeness (QED) is 0.727. The van der Waals surface area contributed by atoms with Gasteiger partial charge in [0.2, 0.25) is 0 Å². The molecule has 8 nitrogen and oxygen atoms in total. The van der Waals surface area contributed by atoms with Crippen molar-refractivity contribution in [3.63, 3.8) is 0 Å². The number of benzene rings is 2. The van der Waals surface area contributed by atoms with E-state index < -0.39 is 35.8 Å². The van der Waals surface area contributed by atoms with Gasteiger partial charge in [-0.3, -0.25) is 4.90 Å². The predicted molar refractivity (Wildman–Crippen MR) is 121 cm³/mol. The normalized spacial score (nSPS) is 19.5. The Balaban J connectivity index is 1.44. The van der Waals surface area contributed by atoms with Crippen LogP contribution < -0.4 is 5.32 Å². The lowest BCUT2D eigenvalue weighted by Gasteiger charge is -2.26. The van der Waals surface area contributed by atoms with Crippen LogP contribution in [-0.2, 0) is 14.3 Å². The van der Waals surface area contributed by atoms with Gasteiger partial charge in [-0.05, 0) is 49.4 Å². The van der Waals surface area contributed by atoms with Crippen molar-refractivity contribution in [3.8, 4) is 11.1 Å². The van der Waals surface area contributed by atoms with E-state index in [2.05, 4.69) is 5.32 Å². The zero-order valence-electron chi connectivity index (χ0n) is 18.9. The fourth-order valence-electron chi connectivity index (χ4n) is 4.59. The number of aliphatic carboxylic acids is 1. The van der Waals surface area contributed by atoms with Crippen LogP contribution in [0.25, 0.3) is 11.1 Å². The summed E-state index contributed by atoms with van der Waals surface area (Å²) in [6, 6.07) is 14.0. The summed E-state index contributed by atoms with van der Waals surface area (Å²) in [5.41, 5.74) is 3.66. The first kappa shape index (κ1) is 22.6. The molecule has 33 heavy (non-hydrogen) atoms. The Kier molecular flexibility index (Phi) is 6.01. The number of carbonyl (C=O) groups excluding carboxylic acids is 2. The molecule has 1 heterocycles. The molecule has 0 spiro atoms. The number of alkyl carbamates (subject to hydrolysis) is 1. The third-order valence-corrected chi connectivity index (χ3v) is 5.92. The van der Waals surface area contributed by atoms with Crippen molar-refractivity contribution in [2.24, 2.45) is 0 Å². The van der Waals surface area contributed by atoms with Crippen molar-refractivity contribution >= 4 is 18.2 Å². The third kappa shape index (κ3) is 4.65. The highest BCUT2D eigenvalue weighted by Gasteiger charge is 2.44. The number of carboxylic acids is 1. The Morgan fingerprint density at radius 1 is 1.03 bits per heavy atom. The molecule has 0 radical (unpaired) electrons. The molecule has 2 aromatic carbocycles. The van der Waals surface area contributed by atoms with Crippen LogP contribution in [0.2, 0.25) is 0 Å². The minimum absolute atomic E-state index is 0.0971. The molecule has 2 amide bonds. The maximum Gasteiger partial charge on any atom is 0.410 e. The first-order valence-electron chi connectivity index (χ1n) is 11.0. The molecule has 1 fully saturated rings. The molecule has 0 saturated carbocycles. The highest BCUT2D eigenvalue weighted by Crippen LogP contribution is 2.44. The van der Waals surface area contributed by atoms with Gasteiger partial charge in [-0.1, -0.05) is 48.5 Å². The van der Waals surface area contributed by atoms with E-state index in [-0.39, 0.29) is 19.1 Å². The summed E-state index contributed by atoms with van der Waals surface area (Å²) in [4.78, 5) is 38.1. The van der Waals surface area contributed by atoms with Crippen LogP contribution in [-0.4, -0.2) is 59.0 Å². The standard InChI is InChI=1S/C25H28N2O6/c1-25(2,3)33-23(30)26-20-12-13-27(21(20)22(28)29)24(31)32-14-19-17-10-6-4-8-15(17)16-9-5-7-11-18(16)19/h4-11,19-21H,12-14H2,1-3H3,(H,26,30)(H,28,29). The number of ether oxygens (including phenoxy) is 2. The maximum absolute atomic E-state index is 12.9. The highest BCUT2D eigenvalue weighted by molar-refractivity contribution is 5.83. The monoisotopic (exact) mass is 452 g/mol. The number of carboxylic acid groups (broad SMARTS) is 1. The number of nitrogens with one attached hydrogen (secondary N) is 1. The van der Waals surface area contributed by atoms with Crippen molar-refractivity contribution in [2.75, 3.05) is 13.2 Å². The number of fused-ring (bicyclic) bond motifs is 3. The Morgan fingerprint density at radius 3 is 2.15 bits per heavy atom. The summed E-state index contributed by atoms with van der Waals surface area (Å²) >= 11 is 0. The predicted octanol–water partition coefficient (Wildman–Crippen LogP) is 3.99. The second-order valence-electron chi connectivity index (χ2n) is 9.32. The molecule has 1 saturated heterocycles. The van der Waals surface area contributed by atoms with Gasteiger partial charge in [0.15, 0.2) is 6.04 Å². The Labute approximate surface area is 192 Å². The number of likely N-dealkylation sites (tertiary alicyclic amines) is 1. The third-order valence-electron chi connectivity index (χ3n) is 5.92. The van der Waals surface area contributed by atoms with E-state index in [1.54, 1.807) is 20.8 Å². The molecule has 1 aliphatic carbocycles. The Morgan fingerprint density at radius 2 is 1.61 bits per heavy atom. The van der Waals surface area contributed by atoms with E-state index in [0.29, 0.717) is 6.42 Å². The molecule has 2 aliphatic rings. The van der Waals surface area contributed by atoms with E-state index in [0.717, 1.165) is 27.2 Å². The minimum atomic E-state index is -1.23. The number of nitrogens with zero attached hydrogens (tertiary/aromatic N) is 1. The van der Waals surface area contributed by atoms with Crippen molar-refractivity contribution < 1.29 is 29.0 Å². The van der Waals surface area contributed by atoms with Gasteiger partial charge in [0.25, 0.3) is 0 Å². The molecule has 2 N–H and O–H groups in total. The molecule has 2 aromatic rings. The van der Waals surface area contributed by atoms with Crippen LogP contribution in [0, 0.1) is 0 Å². The molecule has 8 heteroatoms. The van der Waals surface area contributed by atoms with Gasteiger partial charge in [-0.2, -0.15) is 0 Å². The van der Waals surface area contributed by atoms with Crippen LogP contribution >= 0.6 is 0 Å². The number of carbonyl (C=O) groups is 3. The number of hydrogen-bond acceptors (Lipinski definition) is 5. The molecule has 0 aromatic heterocycles. The lowest BCUT2D eigenvalue weighted by Crippen LogP contribution is -2.52. The van der Waals surface area contributed by atoms with Gasteiger partial charge >= 0.3 is 18.2 Å². The van der Waals surface area contributed by atoms with Crippen LogP contribution in [0.1, 0.15) is 44.2 Å². The molecule has 174 valence electrons. The largest absolute Gasteiger partial charge is 0.480 e. The Hall–Kier alpha value is -3.55. The summed E-state index contributed by atoms with van der Waals surface area (Å²) in [5.74, 6) is -1.33. The lowest BCUT2D eigenvalue weighted by atomic mass is 9.98. The van der Waals surface area contributed by atoms with Crippen molar-refractivity contribution in [2.45, 2.75) is 50.8 Å². The average molecular weight is 453 g/mol. The molecular formula is C25H28N2O6. The lowest BCUT2D eigenvalue weighted by molar-refractivity contribution is -0.142. The molecule has 1 aliphatic heterocycles. The van der Waals surface area contributed by atoms with E-state index >= 15 is 0 Å². The summed E-state index contributed by atoms with van der Waals surface area (Å²) < 4.78 is 10.8. The van der Waals surface area contributed by atoms with Crippen LogP contribution in [0.3, 0.4) is 0 Å². The van der Waals surface area contributed by atoms with Gasteiger partial charge in [0.05, 0.1) is 6.04 Å². The first-order chi connectivity index (χ1) is 15.7. The van der Waals surface area contributed by atoms with Crippen LogP contribution in [0.5, 0.6) is 0 Å². The van der Waals surface area contributed by atoms with Crippen LogP contribution in [0.4, 0.5) is 9.59 Å². The maximum atomic E-state index is 12.9. The molecule has 2 unspecified atom stereocenters. The SMILES string of the molecule is CC(C)(C)OC(=O)NC1CCN(C(=O)OCC2c3ccccc3-c3ccccc32)C1C(=O)O. The van der Waals surface area contributed by atoms with Crippen molar-refractivity contribution in [3.05, 3.63) is 59.7 Å². The van der Waals surface area contributed by atoms with Crippen LogP contribution in [0.15, 0.2) is 48.5 Å². The summed E-state index contributed by atoms with van der Waals surface area (Å²) in [5, 5.41) is 12.3. The van der Waals surface area contributed by atoms with Gasteiger partial charge in [-0.25, -0.2) is 14.4 Å². The van der Waals surface area contributed by atoms with Gasteiger partial charge in [0.1, 0.15) is 12.2 Å². The zero-order valence-corrected chi connectivity index (χ0v) is 18.9. The Bertz CT molecular complexity index is 1030. The number of hydrogen-bond donors (Lipinski definition) is 2. The minimum Gasteiger partial charge on any atom is -0.480 e. The van der Waals surface area contributed by atoms with E-state index in [1.165, 1.54) is 0 Å². The number of rotatable bonds is 4. The van der Waals surface area contributed by atoms with Gasteiger partial charge in [0, 0.05) is 12.5 Å². The summed E-state index contributed by atoms with van der Waals surface area (Å²) in [7, 11) is 0. The van der Waals surface area contributed by atoms with Crippen molar-refractivity contribution in [1.29, 1.82) is 0 Å². The fourth-order valence-corrected chi connectivity index (χ4v) is 4.59. The highest BCUT2D eigenvalue weighted by atomic mass is 16.6. The van der Waals surface area contributed by atoms with E-state index in [9.17, 15) is 19.5 Å².